The van der Waals surface area contributed by atoms with E-state index in [2.05, 4.69) is 0 Å². The van der Waals surface area contributed by atoms with Crippen molar-refractivity contribution >= 4 is 11.7 Å². The summed E-state index contributed by atoms with van der Waals surface area (Å²) in [6.45, 7) is 5.01. The Morgan fingerprint density at radius 3 is 2.89 bits per heavy atom. The van der Waals surface area contributed by atoms with Crippen molar-refractivity contribution in [2.24, 2.45) is 0 Å². The second-order valence-corrected chi connectivity index (χ2v) is 4.37. The van der Waals surface area contributed by atoms with Crippen molar-refractivity contribution in [1.29, 1.82) is 0 Å². The van der Waals surface area contributed by atoms with E-state index >= 15 is 0 Å². The van der Waals surface area contributed by atoms with Gasteiger partial charge in [0.2, 0.25) is 5.91 Å². The van der Waals surface area contributed by atoms with Crippen LogP contribution in [0.25, 0.3) is 0 Å². The lowest BCUT2D eigenvalue weighted by molar-refractivity contribution is -0.129. The third-order valence-corrected chi connectivity index (χ3v) is 3.11. The second kappa shape index (κ2) is 5.21. The molecule has 0 bridgehead atoms. The molecule has 1 aromatic carbocycles. The van der Waals surface area contributed by atoms with Crippen LogP contribution < -0.4 is 4.74 Å². The van der Waals surface area contributed by atoms with Gasteiger partial charge in [0.25, 0.3) is 0 Å². The smallest absolute Gasteiger partial charge is 0.219 e. The van der Waals surface area contributed by atoms with E-state index in [1.807, 2.05) is 19.1 Å². The van der Waals surface area contributed by atoms with Crippen LogP contribution in [-0.2, 0) is 11.3 Å². The maximum Gasteiger partial charge on any atom is 0.219 e. The zero-order valence-corrected chi connectivity index (χ0v) is 10.7. The fourth-order valence-corrected chi connectivity index (χ4v) is 2.13. The molecule has 0 aromatic heterocycles. The molecule has 4 heteroatoms. The summed E-state index contributed by atoms with van der Waals surface area (Å²) in [5.41, 5.74) is 1.58. The Balaban J connectivity index is 2.34. The van der Waals surface area contributed by atoms with E-state index in [-0.39, 0.29) is 11.7 Å². The number of Topliss-reactive ketones (excluding diaryl/α,β-unsaturated/α-hetero) is 1. The molecule has 18 heavy (non-hydrogen) atoms. The minimum atomic E-state index is 0.00420. The summed E-state index contributed by atoms with van der Waals surface area (Å²) in [7, 11) is 0. The van der Waals surface area contributed by atoms with E-state index in [1.54, 1.807) is 11.0 Å². The van der Waals surface area contributed by atoms with Crippen molar-refractivity contribution in [3.63, 3.8) is 0 Å². The molecule has 4 nitrogen and oxygen atoms in total. The van der Waals surface area contributed by atoms with Gasteiger partial charge in [0, 0.05) is 32.0 Å². The molecule has 0 radical (unpaired) electrons. The van der Waals surface area contributed by atoms with Crippen LogP contribution >= 0.6 is 0 Å². The number of hydrogen-bond acceptors (Lipinski definition) is 3. The van der Waals surface area contributed by atoms with E-state index in [9.17, 15) is 9.59 Å². The SMILES string of the molecule is CCOc1ccc2c(c1)C(=O)CCN(C(C)=O)C2. The first kappa shape index (κ1) is 12.6. The van der Waals surface area contributed by atoms with Crippen molar-refractivity contribution in [3.8, 4) is 5.75 Å². The van der Waals surface area contributed by atoms with Crippen molar-refractivity contribution in [2.45, 2.75) is 26.8 Å². The molecular weight excluding hydrogens is 230 g/mol. The molecule has 0 spiro atoms. The second-order valence-electron chi connectivity index (χ2n) is 4.37. The first-order valence-corrected chi connectivity index (χ1v) is 6.16. The molecule has 1 heterocycles. The van der Waals surface area contributed by atoms with Crippen LogP contribution in [0.2, 0.25) is 0 Å². The Hall–Kier alpha value is -1.84. The van der Waals surface area contributed by atoms with Gasteiger partial charge in [0.05, 0.1) is 6.61 Å². The molecule has 0 saturated carbocycles. The predicted octanol–water partition coefficient (Wildman–Crippen LogP) is 2.02. The summed E-state index contributed by atoms with van der Waals surface area (Å²) < 4.78 is 5.40. The van der Waals surface area contributed by atoms with Crippen LogP contribution in [0.4, 0.5) is 0 Å². The monoisotopic (exact) mass is 247 g/mol. The number of fused-ring (bicyclic) bond motifs is 1. The van der Waals surface area contributed by atoms with Crippen LogP contribution in [0.1, 0.15) is 36.2 Å². The first-order chi connectivity index (χ1) is 8.61. The maximum absolute atomic E-state index is 12.0. The Labute approximate surface area is 107 Å². The molecule has 1 aliphatic heterocycles. The first-order valence-electron chi connectivity index (χ1n) is 6.16. The topological polar surface area (TPSA) is 46.6 Å². The molecule has 0 atom stereocenters. The van der Waals surface area contributed by atoms with Crippen molar-refractivity contribution in [2.75, 3.05) is 13.2 Å². The van der Waals surface area contributed by atoms with Gasteiger partial charge in [0.1, 0.15) is 5.75 Å². The molecular formula is C14H17NO3. The lowest BCUT2D eigenvalue weighted by atomic mass is 10.0. The van der Waals surface area contributed by atoms with E-state index in [4.69, 9.17) is 4.74 Å². The Kier molecular flexibility index (Phi) is 3.65. The minimum Gasteiger partial charge on any atom is -0.494 e. The number of ether oxygens (including phenoxy) is 1. The predicted molar refractivity (Wildman–Crippen MR) is 67.6 cm³/mol. The molecule has 0 saturated heterocycles. The van der Waals surface area contributed by atoms with Gasteiger partial charge in [0.15, 0.2) is 5.78 Å². The quantitative estimate of drug-likeness (QED) is 0.803. The highest BCUT2D eigenvalue weighted by molar-refractivity contribution is 5.98. The zero-order chi connectivity index (χ0) is 13.1. The number of carbonyl (C=O) groups is 2. The van der Waals surface area contributed by atoms with Gasteiger partial charge in [-0.05, 0) is 24.6 Å². The molecule has 2 rings (SSSR count). The van der Waals surface area contributed by atoms with E-state index in [1.165, 1.54) is 6.92 Å². The molecule has 96 valence electrons. The summed E-state index contributed by atoms with van der Waals surface area (Å²) >= 11 is 0. The van der Waals surface area contributed by atoms with Crippen LogP contribution in [0.3, 0.4) is 0 Å². The lowest BCUT2D eigenvalue weighted by Crippen LogP contribution is -2.28. The van der Waals surface area contributed by atoms with Gasteiger partial charge < -0.3 is 9.64 Å². The van der Waals surface area contributed by atoms with Gasteiger partial charge in [-0.2, -0.15) is 0 Å². The number of amides is 1. The number of benzene rings is 1. The molecule has 1 aliphatic rings. The van der Waals surface area contributed by atoms with Gasteiger partial charge >= 0.3 is 0 Å². The summed E-state index contributed by atoms with van der Waals surface area (Å²) in [6, 6.07) is 5.50. The highest BCUT2D eigenvalue weighted by atomic mass is 16.5. The molecule has 1 amide bonds. The zero-order valence-electron chi connectivity index (χ0n) is 10.7. The fraction of sp³-hybridized carbons (Fsp3) is 0.429. The van der Waals surface area contributed by atoms with Crippen molar-refractivity contribution < 1.29 is 14.3 Å². The van der Waals surface area contributed by atoms with Crippen LogP contribution in [0.5, 0.6) is 5.75 Å². The highest BCUT2D eigenvalue weighted by Crippen LogP contribution is 2.23. The normalized spacial score (nSPS) is 15.0. The van der Waals surface area contributed by atoms with E-state index < -0.39 is 0 Å². The number of hydrogen-bond donors (Lipinski definition) is 0. The Bertz CT molecular complexity index is 482. The fourth-order valence-electron chi connectivity index (χ4n) is 2.13. The maximum atomic E-state index is 12.0. The average Bonchev–Trinajstić information content (AvgIpc) is 2.50. The largest absolute Gasteiger partial charge is 0.494 e. The van der Waals surface area contributed by atoms with Crippen molar-refractivity contribution in [1.82, 2.24) is 4.90 Å². The third kappa shape index (κ3) is 2.53. The van der Waals surface area contributed by atoms with Gasteiger partial charge in [-0.1, -0.05) is 6.07 Å². The highest BCUT2D eigenvalue weighted by Gasteiger charge is 2.21. The number of nitrogens with zero attached hydrogens (tertiary/aromatic N) is 1. The Morgan fingerprint density at radius 1 is 1.44 bits per heavy atom. The average molecular weight is 247 g/mol. The van der Waals surface area contributed by atoms with Crippen molar-refractivity contribution in [3.05, 3.63) is 29.3 Å². The lowest BCUT2D eigenvalue weighted by Gasteiger charge is -2.18. The van der Waals surface area contributed by atoms with Crippen LogP contribution in [0, 0.1) is 0 Å². The van der Waals surface area contributed by atoms with E-state index in [0.29, 0.717) is 37.4 Å². The number of ketones is 1. The van der Waals surface area contributed by atoms with E-state index in [0.717, 1.165) is 5.56 Å². The summed E-state index contributed by atoms with van der Waals surface area (Å²) in [6.07, 6.45) is 0.377. The van der Waals surface area contributed by atoms with Crippen LogP contribution in [0.15, 0.2) is 18.2 Å². The van der Waals surface area contributed by atoms with Gasteiger partial charge in [-0.25, -0.2) is 0 Å². The summed E-state index contributed by atoms with van der Waals surface area (Å²) in [5, 5.41) is 0. The molecule has 0 N–H and O–H groups in total. The standard InChI is InChI=1S/C14H17NO3/c1-3-18-12-5-4-11-9-15(10(2)16)7-6-14(17)13(11)8-12/h4-5,8H,3,6-7,9H2,1-2H3. The number of rotatable bonds is 2. The number of carbonyl (C=O) groups excluding carboxylic acids is 2. The third-order valence-electron chi connectivity index (χ3n) is 3.11. The molecule has 0 aliphatic carbocycles. The van der Waals surface area contributed by atoms with Crippen LogP contribution in [-0.4, -0.2) is 29.7 Å². The van der Waals surface area contributed by atoms with Gasteiger partial charge in [-0.15, -0.1) is 0 Å². The molecule has 1 aromatic rings. The summed E-state index contributed by atoms with van der Waals surface area (Å²) in [5.74, 6) is 0.792. The van der Waals surface area contributed by atoms with Gasteiger partial charge in [-0.3, -0.25) is 9.59 Å². The minimum absolute atomic E-state index is 0.00420. The Morgan fingerprint density at radius 2 is 2.22 bits per heavy atom. The molecule has 0 fully saturated rings. The summed E-state index contributed by atoms with van der Waals surface area (Å²) in [4.78, 5) is 25.2. The molecule has 0 unspecified atom stereocenters.